The van der Waals surface area contributed by atoms with Crippen LogP contribution in [0.25, 0.3) is 0 Å². The molecule has 4 heteroatoms. The number of rotatable bonds is 6. The molecule has 0 aromatic heterocycles. The molecular formula is C15H22N2O2. The Balaban J connectivity index is 2.35. The molecule has 0 heterocycles. The Labute approximate surface area is 114 Å². The van der Waals surface area contributed by atoms with Gasteiger partial charge in [-0.2, -0.15) is 0 Å². The van der Waals surface area contributed by atoms with Gasteiger partial charge in [0.15, 0.2) is 0 Å². The fourth-order valence-electron chi connectivity index (χ4n) is 1.62. The van der Waals surface area contributed by atoms with Gasteiger partial charge in [0.25, 0.3) is 0 Å². The van der Waals surface area contributed by atoms with Crippen LogP contribution in [0.2, 0.25) is 0 Å². The Hall–Kier alpha value is -1.84. The maximum absolute atomic E-state index is 11.7. The lowest BCUT2D eigenvalue weighted by atomic mass is 10.1. The number of amides is 2. The predicted molar refractivity (Wildman–Crippen MR) is 76.9 cm³/mol. The number of anilines is 1. The maximum Gasteiger partial charge on any atom is 0.233 e. The molecule has 0 unspecified atom stereocenters. The van der Waals surface area contributed by atoms with Gasteiger partial charge in [0.05, 0.1) is 0 Å². The molecule has 2 N–H and O–H groups in total. The van der Waals surface area contributed by atoms with E-state index in [2.05, 4.69) is 24.5 Å². The molecule has 2 amide bonds. The lowest BCUT2D eigenvalue weighted by molar-refractivity contribution is -0.126. The molecule has 0 saturated heterocycles. The van der Waals surface area contributed by atoms with Crippen molar-refractivity contribution >= 4 is 17.5 Å². The van der Waals surface area contributed by atoms with E-state index < -0.39 is 0 Å². The molecule has 0 aliphatic rings. The second kappa shape index (κ2) is 7.56. The fraction of sp³-hybridized carbons (Fsp3) is 0.467. The lowest BCUT2D eigenvalue weighted by Gasteiger charge is -2.09. The van der Waals surface area contributed by atoms with Crippen molar-refractivity contribution in [2.24, 2.45) is 5.92 Å². The Morgan fingerprint density at radius 2 is 1.84 bits per heavy atom. The molecule has 0 radical (unpaired) electrons. The maximum atomic E-state index is 11.7. The molecule has 4 nitrogen and oxygen atoms in total. The number of hydrogen-bond donors (Lipinski definition) is 2. The Bertz CT molecular complexity index is 442. The molecular weight excluding hydrogens is 240 g/mol. The first-order chi connectivity index (χ1) is 8.99. The quantitative estimate of drug-likeness (QED) is 0.774. The molecule has 0 spiro atoms. The summed E-state index contributed by atoms with van der Waals surface area (Å²) < 4.78 is 0. The number of carbonyl (C=O) groups is 2. The molecule has 0 bridgehead atoms. The summed E-state index contributed by atoms with van der Waals surface area (Å²) >= 11 is 0. The number of para-hydroxylation sites is 1. The van der Waals surface area contributed by atoms with Crippen LogP contribution in [0, 0.1) is 12.8 Å². The minimum atomic E-state index is -0.281. The van der Waals surface area contributed by atoms with E-state index in [0.29, 0.717) is 12.5 Å². The van der Waals surface area contributed by atoms with Crippen LogP contribution >= 0.6 is 0 Å². The minimum absolute atomic E-state index is 0.133. The fourth-order valence-corrected chi connectivity index (χ4v) is 1.62. The molecule has 0 fully saturated rings. The first-order valence-electron chi connectivity index (χ1n) is 6.61. The van der Waals surface area contributed by atoms with Gasteiger partial charge in [-0.05, 0) is 30.9 Å². The second-order valence-corrected chi connectivity index (χ2v) is 5.07. The van der Waals surface area contributed by atoms with Crippen LogP contribution < -0.4 is 10.6 Å². The van der Waals surface area contributed by atoms with Crippen LogP contribution in [-0.2, 0) is 9.59 Å². The van der Waals surface area contributed by atoms with Crippen molar-refractivity contribution in [2.75, 3.05) is 11.9 Å². The summed E-state index contributed by atoms with van der Waals surface area (Å²) in [5.41, 5.74) is 1.73. The van der Waals surface area contributed by atoms with E-state index in [1.807, 2.05) is 31.2 Å². The van der Waals surface area contributed by atoms with Crippen LogP contribution in [0.3, 0.4) is 0 Å². The van der Waals surface area contributed by atoms with E-state index in [4.69, 9.17) is 0 Å². The molecule has 1 aromatic rings. The van der Waals surface area contributed by atoms with Gasteiger partial charge in [-0.15, -0.1) is 0 Å². The third-order valence-electron chi connectivity index (χ3n) is 2.78. The molecule has 104 valence electrons. The molecule has 19 heavy (non-hydrogen) atoms. The van der Waals surface area contributed by atoms with Gasteiger partial charge >= 0.3 is 0 Å². The highest BCUT2D eigenvalue weighted by Gasteiger charge is 2.10. The van der Waals surface area contributed by atoms with Gasteiger partial charge in [0.2, 0.25) is 11.8 Å². The van der Waals surface area contributed by atoms with Crippen LogP contribution in [-0.4, -0.2) is 18.4 Å². The van der Waals surface area contributed by atoms with Crippen LogP contribution in [0.5, 0.6) is 0 Å². The summed E-state index contributed by atoms with van der Waals surface area (Å²) in [5, 5.41) is 5.49. The first-order valence-corrected chi connectivity index (χ1v) is 6.61. The molecule has 0 saturated carbocycles. The van der Waals surface area contributed by atoms with Gasteiger partial charge in [0, 0.05) is 12.2 Å². The standard InChI is InChI=1S/C15H22N2O2/c1-11(2)8-9-16-14(18)10-15(19)17-13-7-5-4-6-12(13)3/h4-7,11H,8-10H2,1-3H3,(H,16,18)(H,17,19). The summed E-state index contributed by atoms with van der Waals surface area (Å²) in [6.45, 7) is 6.72. The van der Waals surface area contributed by atoms with Gasteiger partial charge < -0.3 is 10.6 Å². The lowest BCUT2D eigenvalue weighted by Crippen LogP contribution is -2.29. The average Bonchev–Trinajstić information content (AvgIpc) is 2.31. The predicted octanol–water partition coefficient (Wildman–Crippen LogP) is 2.49. The third-order valence-corrected chi connectivity index (χ3v) is 2.78. The molecule has 1 aromatic carbocycles. The van der Waals surface area contributed by atoms with E-state index in [1.54, 1.807) is 0 Å². The van der Waals surface area contributed by atoms with Crippen molar-refractivity contribution in [1.82, 2.24) is 5.32 Å². The topological polar surface area (TPSA) is 58.2 Å². The van der Waals surface area contributed by atoms with Crippen molar-refractivity contribution < 1.29 is 9.59 Å². The Kier molecular flexibility index (Phi) is 6.06. The number of hydrogen-bond acceptors (Lipinski definition) is 2. The van der Waals surface area contributed by atoms with Crippen LogP contribution in [0.4, 0.5) is 5.69 Å². The summed E-state index contributed by atoms with van der Waals surface area (Å²) in [7, 11) is 0. The van der Waals surface area contributed by atoms with Crippen molar-refractivity contribution in [3.8, 4) is 0 Å². The SMILES string of the molecule is Cc1ccccc1NC(=O)CC(=O)NCCC(C)C. The number of carbonyl (C=O) groups excluding carboxylic acids is 2. The van der Waals surface area contributed by atoms with Crippen molar-refractivity contribution in [1.29, 1.82) is 0 Å². The van der Waals surface area contributed by atoms with Crippen LogP contribution in [0.15, 0.2) is 24.3 Å². The van der Waals surface area contributed by atoms with Gasteiger partial charge in [-0.1, -0.05) is 32.0 Å². The number of aryl methyl sites for hydroxylation is 1. The summed E-state index contributed by atoms with van der Waals surface area (Å²) in [6, 6.07) is 7.50. The zero-order valence-corrected chi connectivity index (χ0v) is 11.8. The van der Waals surface area contributed by atoms with E-state index in [-0.39, 0.29) is 18.2 Å². The highest BCUT2D eigenvalue weighted by Crippen LogP contribution is 2.13. The summed E-state index contributed by atoms with van der Waals surface area (Å²) in [6.07, 6.45) is 0.789. The second-order valence-electron chi connectivity index (χ2n) is 5.07. The average molecular weight is 262 g/mol. The highest BCUT2D eigenvalue weighted by atomic mass is 16.2. The summed E-state index contributed by atoms with van der Waals surface area (Å²) in [5.74, 6) is 0.0316. The van der Waals surface area contributed by atoms with Crippen molar-refractivity contribution in [3.63, 3.8) is 0 Å². The minimum Gasteiger partial charge on any atom is -0.356 e. The first kappa shape index (κ1) is 15.2. The summed E-state index contributed by atoms with van der Waals surface area (Å²) in [4.78, 5) is 23.2. The van der Waals surface area contributed by atoms with E-state index in [1.165, 1.54) is 0 Å². The third kappa shape index (κ3) is 6.04. The van der Waals surface area contributed by atoms with E-state index in [0.717, 1.165) is 17.7 Å². The Morgan fingerprint density at radius 1 is 1.16 bits per heavy atom. The van der Waals surface area contributed by atoms with Gasteiger partial charge in [-0.3, -0.25) is 9.59 Å². The number of benzene rings is 1. The van der Waals surface area contributed by atoms with Crippen molar-refractivity contribution in [2.45, 2.75) is 33.6 Å². The molecule has 0 aliphatic carbocycles. The Morgan fingerprint density at radius 3 is 2.47 bits per heavy atom. The van der Waals surface area contributed by atoms with Gasteiger partial charge in [0.1, 0.15) is 6.42 Å². The largest absolute Gasteiger partial charge is 0.356 e. The zero-order valence-electron chi connectivity index (χ0n) is 11.8. The van der Waals surface area contributed by atoms with Gasteiger partial charge in [-0.25, -0.2) is 0 Å². The highest BCUT2D eigenvalue weighted by molar-refractivity contribution is 6.03. The zero-order chi connectivity index (χ0) is 14.3. The monoisotopic (exact) mass is 262 g/mol. The van der Waals surface area contributed by atoms with Crippen LogP contribution in [0.1, 0.15) is 32.3 Å². The normalized spacial score (nSPS) is 10.3. The molecule has 1 rings (SSSR count). The van der Waals surface area contributed by atoms with E-state index >= 15 is 0 Å². The molecule has 0 atom stereocenters. The molecule has 0 aliphatic heterocycles. The van der Waals surface area contributed by atoms with E-state index in [9.17, 15) is 9.59 Å². The van der Waals surface area contributed by atoms with Crippen molar-refractivity contribution in [3.05, 3.63) is 29.8 Å². The number of nitrogens with one attached hydrogen (secondary N) is 2. The smallest absolute Gasteiger partial charge is 0.233 e.